The van der Waals surface area contributed by atoms with Gasteiger partial charge in [0.1, 0.15) is 19.2 Å². The van der Waals surface area contributed by atoms with E-state index in [9.17, 15) is 0 Å². The zero-order valence-electron chi connectivity index (χ0n) is 8.94. The van der Waals surface area contributed by atoms with Gasteiger partial charge in [-0.3, -0.25) is 0 Å². The second-order valence-corrected chi connectivity index (χ2v) is 3.26. The number of benzene rings is 1. The van der Waals surface area contributed by atoms with Gasteiger partial charge >= 0.3 is 0 Å². The molecule has 0 spiro atoms. The Morgan fingerprint density at radius 1 is 1.12 bits per heavy atom. The topological polar surface area (TPSA) is 74.6 Å². The summed E-state index contributed by atoms with van der Waals surface area (Å²) in [6.45, 7) is 2.07. The standard InChI is InChI=1S/C12H10N4/c1-10-3-2-4-11(9-15)12(10)16(7-5-13)8-6-14/h2-4H,7-8H2,1H3. The van der Waals surface area contributed by atoms with Crippen LogP contribution in [0.15, 0.2) is 18.2 Å². The van der Waals surface area contributed by atoms with E-state index in [2.05, 4.69) is 6.07 Å². The Bertz CT molecular complexity index is 483. The van der Waals surface area contributed by atoms with Crippen LogP contribution in [0, 0.1) is 40.9 Å². The summed E-state index contributed by atoms with van der Waals surface area (Å²) < 4.78 is 0. The Labute approximate surface area is 94.6 Å². The quantitative estimate of drug-likeness (QED) is 0.712. The molecule has 0 saturated carbocycles. The first-order valence-electron chi connectivity index (χ1n) is 4.73. The number of para-hydroxylation sites is 1. The third-order valence-corrected chi connectivity index (χ3v) is 2.20. The molecule has 0 atom stereocenters. The summed E-state index contributed by atoms with van der Waals surface area (Å²) in [7, 11) is 0. The van der Waals surface area contributed by atoms with Crippen LogP contribution >= 0.6 is 0 Å². The predicted octanol–water partition coefficient (Wildman–Crippen LogP) is 1.72. The van der Waals surface area contributed by atoms with Crippen molar-refractivity contribution >= 4 is 5.69 Å². The minimum atomic E-state index is 0.104. The van der Waals surface area contributed by atoms with E-state index in [-0.39, 0.29) is 13.1 Å². The fourth-order valence-corrected chi connectivity index (χ4v) is 1.55. The lowest BCUT2D eigenvalue weighted by atomic mass is 10.1. The van der Waals surface area contributed by atoms with Gasteiger partial charge in [0, 0.05) is 0 Å². The van der Waals surface area contributed by atoms with Gasteiger partial charge in [-0.2, -0.15) is 15.8 Å². The summed E-state index contributed by atoms with van der Waals surface area (Å²) in [5.74, 6) is 0. The molecule has 1 aromatic rings. The summed E-state index contributed by atoms with van der Waals surface area (Å²) in [5.41, 5.74) is 2.06. The molecule has 0 fully saturated rings. The molecule has 0 bridgehead atoms. The molecular formula is C12H10N4. The molecular weight excluding hydrogens is 200 g/mol. The Morgan fingerprint density at radius 2 is 1.75 bits per heavy atom. The van der Waals surface area contributed by atoms with Crippen molar-refractivity contribution in [3.8, 4) is 18.2 Å². The van der Waals surface area contributed by atoms with Crippen LogP contribution in [0.25, 0.3) is 0 Å². The van der Waals surface area contributed by atoms with Crippen LogP contribution in [-0.4, -0.2) is 13.1 Å². The molecule has 0 aliphatic rings. The van der Waals surface area contributed by atoms with Crippen LogP contribution in [0.2, 0.25) is 0 Å². The first-order valence-corrected chi connectivity index (χ1v) is 4.73. The van der Waals surface area contributed by atoms with Crippen LogP contribution in [0.4, 0.5) is 5.69 Å². The summed E-state index contributed by atoms with van der Waals surface area (Å²) in [5, 5.41) is 26.4. The fraction of sp³-hybridized carbons (Fsp3) is 0.250. The average Bonchev–Trinajstić information content (AvgIpc) is 2.28. The average molecular weight is 210 g/mol. The maximum Gasteiger partial charge on any atom is 0.107 e. The Balaban J connectivity index is 3.24. The van der Waals surface area contributed by atoms with Crippen molar-refractivity contribution in [2.45, 2.75) is 6.92 Å². The molecule has 16 heavy (non-hydrogen) atoms. The maximum absolute atomic E-state index is 8.99. The SMILES string of the molecule is Cc1cccc(C#N)c1N(CC#N)CC#N. The smallest absolute Gasteiger partial charge is 0.107 e. The molecule has 4 heteroatoms. The van der Waals surface area contributed by atoms with Gasteiger partial charge < -0.3 is 4.90 Å². The first kappa shape index (κ1) is 11.6. The van der Waals surface area contributed by atoms with Gasteiger partial charge in [-0.1, -0.05) is 12.1 Å². The highest BCUT2D eigenvalue weighted by atomic mass is 15.1. The van der Waals surface area contributed by atoms with E-state index in [4.69, 9.17) is 15.8 Å². The van der Waals surface area contributed by atoms with Gasteiger partial charge in [0.2, 0.25) is 0 Å². The molecule has 4 nitrogen and oxygen atoms in total. The van der Waals surface area contributed by atoms with Gasteiger partial charge in [0.15, 0.2) is 0 Å². The number of rotatable bonds is 3. The third-order valence-electron chi connectivity index (χ3n) is 2.20. The molecule has 0 saturated heterocycles. The summed E-state index contributed by atoms with van der Waals surface area (Å²) in [6, 6.07) is 11.4. The van der Waals surface area contributed by atoms with Gasteiger partial charge in [-0.15, -0.1) is 0 Å². The van der Waals surface area contributed by atoms with Gasteiger partial charge in [0.25, 0.3) is 0 Å². The molecule has 0 aliphatic heterocycles. The van der Waals surface area contributed by atoms with E-state index in [1.807, 2.05) is 25.1 Å². The lowest BCUT2D eigenvalue weighted by Crippen LogP contribution is -2.25. The van der Waals surface area contributed by atoms with E-state index >= 15 is 0 Å². The molecule has 1 aromatic carbocycles. The van der Waals surface area contributed by atoms with Crippen molar-refractivity contribution in [2.75, 3.05) is 18.0 Å². The number of nitriles is 3. The highest BCUT2D eigenvalue weighted by molar-refractivity contribution is 5.64. The lowest BCUT2D eigenvalue weighted by molar-refractivity contribution is 0.956. The second kappa shape index (κ2) is 5.39. The second-order valence-electron chi connectivity index (χ2n) is 3.26. The number of anilines is 1. The van der Waals surface area contributed by atoms with E-state index < -0.39 is 0 Å². The van der Waals surface area contributed by atoms with Gasteiger partial charge in [-0.05, 0) is 18.6 Å². The monoisotopic (exact) mass is 210 g/mol. The number of hydrogen-bond acceptors (Lipinski definition) is 4. The van der Waals surface area contributed by atoms with Gasteiger partial charge in [-0.25, -0.2) is 0 Å². The number of hydrogen-bond donors (Lipinski definition) is 0. The van der Waals surface area contributed by atoms with Crippen LogP contribution in [-0.2, 0) is 0 Å². The molecule has 78 valence electrons. The molecule has 0 aromatic heterocycles. The molecule has 1 rings (SSSR count). The van der Waals surface area contributed by atoms with Crippen molar-refractivity contribution in [2.24, 2.45) is 0 Å². The minimum absolute atomic E-state index is 0.104. The minimum Gasteiger partial charge on any atom is -0.344 e. The van der Waals surface area contributed by atoms with Crippen molar-refractivity contribution in [1.29, 1.82) is 15.8 Å². The summed E-state index contributed by atoms with van der Waals surface area (Å²) in [4.78, 5) is 1.61. The highest BCUT2D eigenvalue weighted by Gasteiger charge is 2.12. The van der Waals surface area contributed by atoms with Crippen LogP contribution < -0.4 is 4.90 Å². The Kier molecular flexibility index (Phi) is 3.90. The fourth-order valence-electron chi connectivity index (χ4n) is 1.55. The Morgan fingerprint density at radius 3 is 2.25 bits per heavy atom. The zero-order valence-corrected chi connectivity index (χ0v) is 8.94. The maximum atomic E-state index is 8.99. The summed E-state index contributed by atoms with van der Waals surface area (Å²) >= 11 is 0. The molecule has 0 amide bonds. The van der Waals surface area contributed by atoms with E-state index in [0.717, 1.165) is 5.56 Å². The molecule has 0 radical (unpaired) electrons. The molecule has 0 heterocycles. The number of nitrogens with zero attached hydrogens (tertiary/aromatic N) is 4. The predicted molar refractivity (Wildman–Crippen MR) is 59.3 cm³/mol. The first-order chi connectivity index (χ1) is 7.74. The normalized spacial score (nSPS) is 8.62. The van der Waals surface area contributed by atoms with Crippen molar-refractivity contribution in [3.05, 3.63) is 29.3 Å². The van der Waals surface area contributed by atoms with Crippen molar-refractivity contribution in [3.63, 3.8) is 0 Å². The van der Waals surface area contributed by atoms with Crippen LogP contribution in [0.1, 0.15) is 11.1 Å². The lowest BCUT2D eigenvalue weighted by Gasteiger charge is -2.21. The van der Waals surface area contributed by atoms with Crippen LogP contribution in [0.5, 0.6) is 0 Å². The van der Waals surface area contributed by atoms with E-state index in [1.54, 1.807) is 17.0 Å². The third kappa shape index (κ3) is 2.29. The van der Waals surface area contributed by atoms with Gasteiger partial charge in [0.05, 0.1) is 23.4 Å². The Hall–Kier alpha value is -2.51. The van der Waals surface area contributed by atoms with E-state index in [1.165, 1.54) is 0 Å². The largest absolute Gasteiger partial charge is 0.344 e. The molecule has 0 aliphatic carbocycles. The number of aryl methyl sites for hydroxylation is 1. The molecule has 0 N–H and O–H groups in total. The van der Waals surface area contributed by atoms with Crippen LogP contribution in [0.3, 0.4) is 0 Å². The highest BCUT2D eigenvalue weighted by Crippen LogP contribution is 2.24. The molecule has 0 unspecified atom stereocenters. The van der Waals surface area contributed by atoms with Crippen molar-refractivity contribution in [1.82, 2.24) is 0 Å². The van der Waals surface area contributed by atoms with Crippen molar-refractivity contribution < 1.29 is 0 Å². The zero-order chi connectivity index (χ0) is 12.0. The van der Waals surface area contributed by atoms with E-state index in [0.29, 0.717) is 11.3 Å². The summed E-state index contributed by atoms with van der Waals surface area (Å²) in [6.07, 6.45) is 0.